The van der Waals surface area contributed by atoms with Crippen molar-refractivity contribution in [3.63, 3.8) is 0 Å². The van der Waals surface area contributed by atoms with Crippen molar-refractivity contribution in [2.75, 3.05) is 14.2 Å². The fraction of sp³-hybridized carbons (Fsp3) is 0.467. The van der Waals surface area contributed by atoms with E-state index in [0.29, 0.717) is 45.8 Å². The van der Waals surface area contributed by atoms with Gasteiger partial charge in [0.05, 0.1) is 25.3 Å². The molecule has 57 heavy (non-hydrogen) atoms. The number of methoxy groups -OCH3 is 2. The molecule has 1 spiro atoms. The lowest BCUT2D eigenvalue weighted by atomic mass is 9.72. The standard InChI is InChI=1S/C33H34N8O4.2C6H10/c1-15-16(2)26(30-36-40-41-37-30)28-27(25(15)29-34-38-39-35-29)44-23-10-18-20(12-24(23)45-28)33(14-32(18,5)6)13-31(3,4)17-9-21(42-7)22(43-8)11-19(17)33;2*1-3-5-6-4-2/h9-12H,13-14H2,1-8H3,(H,34,35,38,39)(H,36,37,40,41);2*1H,4-6H2,2H3. The summed E-state index contributed by atoms with van der Waals surface area (Å²) >= 11 is 0. The summed E-state index contributed by atoms with van der Waals surface area (Å²) in [6, 6.07) is 8.66. The summed E-state index contributed by atoms with van der Waals surface area (Å²) in [6.45, 7) is 17.5. The molecule has 0 saturated heterocycles. The highest BCUT2D eigenvalue weighted by Gasteiger charge is 2.57. The monoisotopic (exact) mass is 770 g/mol. The minimum Gasteiger partial charge on any atom is -0.493 e. The number of tetrazole rings is 2. The van der Waals surface area contributed by atoms with Crippen LogP contribution >= 0.6 is 0 Å². The van der Waals surface area contributed by atoms with Gasteiger partial charge in [-0.15, -0.1) is 45.1 Å². The maximum Gasteiger partial charge on any atom is 0.208 e. The second-order valence-corrected chi connectivity index (χ2v) is 16.2. The van der Waals surface area contributed by atoms with E-state index in [1.165, 1.54) is 47.9 Å². The molecule has 1 atom stereocenters. The highest BCUT2D eigenvalue weighted by Crippen LogP contribution is 2.66. The predicted octanol–water partition coefficient (Wildman–Crippen LogP) is 9.85. The quantitative estimate of drug-likeness (QED) is 0.113. The summed E-state index contributed by atoms with van der Waals surface area (Å²) < 4.78 is 25.2. The molecule has 1 aliphatic heterocycles. The Labute approximate surface area is 336 Å². The van der Waals surface area contributed by atoms with Crippen molar-refractivity contribution in [1.82, 2.24) is 41.2 Å². The maximum absolute atomic E-state index is 6.85. The average molecular weight is 771 g/mol. The van der Waals surface area contributed by atoms with Crippen LogP contribution in [0.5, 0.6) is 34.5 Å². The van der Waals surface area contributed by atoms with Gasteiger partial charge in [0.15, 0.2) is 34.5 Å². The highest BCUT2D eigenvalue weighted by molar-refractivity contribution is 5.86. The molecule has 0 saturated carbocycles. The summed E-state index contributed by atoms with van der Waals surface area (Å²) in [7, 11) is 3.38. The van der Waals surface area contributed by atoms with E-state index in [1.54, 1.807) is 14.2 Å². The molecule has 12 nitrogen and oxygen atoms in total. The predicted molar refractivity (Wildman–Crippen MR) is 221 cm³/mol. The van der Waals surface area contributed by atoms with Gasteiger partial charge in [-0.1, -0.05) is 54.4 Å². The number of nitrogens with zero attached hydrogens (tertiary/aromatic N) is 6. The first-order chi connectivity index (χ1) is 27.3. The molecule has 8 rings (SSSR count). The fourth-order valence-corrected chi connectivity index (χ4v) is 8.79. The SMILES string of the molecule is C#CCCCC.C#CCCCC.COc1cc2c(cc1OC)C1(CC2(C)C)CC(C)(C)c2cc3c(cc21)Oc1c(c(-c2nn[nH]n2)c(C)c(C)c1-c1nn[nH]n1)O3. The van der Waals surface area contributed by atoms with E-state index in [9.17, 15) is 0 Å². The average Bonchev–Trinajstić information content (AvgIpc) is 4.00. The number of benzene rings is 3. The van der Waals surface area contributed by atoms with Crippen molar-refractivity contribution < 1.29 is 18.9 Å². The van der Waals surface area contributed by atoms with Crippen LogP contribution in [-0.4, -0.2) is 55.5 Å². The number of fused-ring (bicyclic) bond motifs is 6. The third-order valence-corrected chi connectivity index (χ3v) is 11.5. The second kappa shape index (κ2) is 16.3. The van der Waals surface area contributed by atoms with Crippen molar-refractivity contribution >= 4 is 0 Å². The number of rotatable bonds is 8. The Bertz CT molecular complexity index is 2300. The molecule has 2 aliphatic carbocycles. The first kappa shape index (κ1) is 40.8. The maximum atomic E-state index is 6.85. The number of terminal acetylenes is 2. The summed E-state index contributed by atoms with van der Waals surface area (Å²) in [5, 5.41) is 29.9. The zero-order valence-corrected chi connectivity index (χ0v) is 34.9. The van der Waals surface area contributed by atoms with Gasteiger partial charge in [0.2, 0.25) is 11.6 Å². The number of H-pyrrole nitrogens is 2. The molecule has 2 aromatic heterocycles. The summed E-state index contributed by atoms with van der Waals surface area (Å²) in [5.41, 5.74) is 7.70. The van der Waals surface area contributed by atoms with Crippen LogP contribution in [-0.2, 0) is 16.2 Å². The van der Waals surface area contributed by atoms with Gasteiger partial charge in [-0.25, -0.2) is 0 Å². The molecule has 2 N–H and O–H groups in total. The molecule has 298 valence electrons. The van der Waals surface area contributed by atoms with Crippen molar-refractivity contribution in [3.8, 4) is 82.0 Å². The Morgan fingerprint density at radius 2 is 1.07 bits per heavy atom. The summed E-state index contributed by atoms with van der Waals surface area (Å²) in [5.74, 6) is 9.65. The molecule has 3 heterocycles. The lowest BCUT2D eigenvalue weighted by Crippen LogP contribution is -2.27. The zero-order valence-electron chi connectivity index (χ0n) is 34.9. The second-order valence-electron chi connectivity index (χ2n) is 16.2. The van der Waals surface area contributed by atoms with Gasteiger partial charge in [0.25, 0.3) is 0 Å². The van der Waals surface area contributed by atoms with Crippen LogP contribution in [0.25, 0.3) is 22.8 Å². The molecular formula is C45H54N8O4. The molecule has 0 fully saturated rings. The number of aromatic nitrogens is 8. The number of unbranched alkanes of at least 4 members (excludes halogenated alkanes) is 4. The molecule has 0 radical (unpaired) electrons. The minimum atomic E-state index is -0.259. The Kier molecular flexibility index (Phi) is 11.7. The van der Waals surface area contributed by atoms with E-state index < -0.39 is 0 Å². The van der Waals surface area contributed by atoms with E-state index in [2.05, 4.69) is 119 Å². The van der Waals surface area contributed by atoms with Crippen molar-refractivity contribution in [2.45, 2.75) is 123 Å². The van der Waals surface area contributed by atoms with E-state index >= 15 is 0 Å². The Morgan fingerprint density at radius 1 is 0.667 bits per heavy atom. The Morgan fingerprint density at radius 3 is 1.44 bits per heavy atom. The molecule has 0 bridgehead atoms. The summed E-state index contributed by atoms with van der Waals surface area (Å²) in [4.78, 5) is 0. The van der Waals surface area contributed by atoms with Crippen LogP contribution in [0.3, 0.4) is 0 Å². The van der Waals surface area contributed by atoms with Gasteiger partial charge in [-0.2, -0.15) is 10.4 Å². The third kappa shape index (κ3) is 7.30. The lowest BCUT2D eigenvalue weighted by molar-refractivity contribution is 0.347. The van der Waals surface area contributed by atoms with Gasteiger partial charge in [-0.3, -0.25) is 0 Å². The highest BCUT2D eigenvalue weighted by atomic mass is 16.6. The van der Waals surface area contributed by atoms with E-state index in [0.717, 1.165) is 48.3 Å². The van der Waals surface area contributed by atoms with Crippen molar-refractivity contribution in [2.24, 2.45) is 0 Å². The first-order valence-corrected chi connectivity index (χ1v) is 19.7. The smallest absolute Gasteiger partial charge is 0.208 e. The Balaban J connectivity index is 0.000000401. The molecule has 1 unspecified atom stereocenters. The van der Waals surface area contributed by atoms with Crippen LogP contribution < -0.4 is 18.9 Å². The van der Waals surface area contributed by atoms with E-state index in [-0.39, 0.29) is 16.2 Å². The number of hydrogen-bond donors (Lipinski definition) is 2. The minimum absolute atomic E-state index is 0.0909. The summed E-state index contributed by atoms with van der Waals surface area (Å²) in [6.07, 6.45) is 18.5. The van der Waals surface area contributed by atoms with Crippen LogP contribution in [0, 0.1) is 38.5 Å². The van der Waals surface area contributed by atoms with E-state index in [4.69, 9.17) is 31.8 Å². The van der Waals surface area contributed by atoms with Crippen LogP contribution in [0.1, 0.15) is 126 Å². The molecule has 5 aromatic rings. The molecule has 12 heteroatoms. The zero-order chi connectivity index (χ0) is 41.1. The van der Waals surface area contributed by atoms with Gasteiger partial charge in [-0.05, 0) is 118 Å². The number of aromatic amines is 2. The number of nitrogens with one attached hydrogen (secondary N) is 2. The van der Waals surface area contributed by atoms with Gasteiger partial charge in [0.1, 0.15) is 0 Å². The van der Waals surface area contributed by atoms with Gasteiger partial charge in [0, 0.05) is 18.3 Å². The largest absolute Gasteiger partial charge is 0.493 e. The molecular weight excluding hydrogens is 717 g/mol. The topological polar surface area (TPSA) is 146 Å². The van der Waals surface area contributed by atoms with Gasteiger partial charge < -0.3 is 18.9 Å². The van der Waals surface area contributed by atoms with Gasteiger partial charge >= 0.3 is 0 Å². The number of ether oxygens (including phenoxy) is 4. The van der Waals surface area contributed by atoms with Crippen molar-refractivity contribution in [1.29, 1.82) is 0 Å². The molecule has 3 aliphatic rings. The molecule has 3 aromatic carbocycles. The normalized spacial score (nSPS) is 17.1. The molecule has 0 amide bonds. The van der Waals surface area contributed by atoms with Crippen LogP contribution in [0.4, 0.5) is 0 Å². The fourth-order valence-electron chi connectivity index (χ4n) is 8.79. The third-order valence-electron chi connectivity index (χ3n) is 11.5. The lowest BCUT2D eigenvalue weighted by Gasteiger charge is -2.31. The number of hydrogen-bond acceptors (Lipinski definition) is 10. The van der Waals surface area contributed by atoms with Crippen LogP contribution in [0.15, 0.2) is 24.3 Å². The Hall–Kier alpha value is -5.88. The van der Waals surface area contributed by atoms with E-state index in [1.807, 2.05) is 13.8 Å². The van der Waals surface area contributed by atoms with Crippen LogP contribution in [0.2, 0.25) is 0 Å². The van der Waals surface area contributed by atoms with Crippen molar-refractivity contribution in [3.05, 3.63) is 57.6 Å². The first-order valence-electron chi connectivity index (χ1n) is 19.7.